The minimum atomic E-state index is 0.427. The maximum Gasteiger partial charge on any atom is 0.250 e. The Labute approximate surface area is 163 Å². The van der Waals surface area contributed by atoms with Crippen molar-refractivity contribution >= 4 is 35.7 Å². The smallest absolute Gasteiger partial charge is 0.250 e. The van der Waals surface area contributed by atoms with Gasteiger partial charge in [0.15, 0.2) is 0 Å². The summed E-state index contributed by atoms with van der Waals surface area (Å²) in [6, 6.07) is 7.53. The highest BCUT2D eigenvalue weighted by Crippen LogP contribution is 2.21. The molecule has 2 saturated heterocycles. The second-order valence-electron chi connectivity index (χ2n) is 6.44. The number of morpholine rings is 1. The number of anilines is 3. The summed E-state index contributed by atoms with van der Waals surface area (Å²) in [5.74, 6) is 1.78. The van der Waals surface area contributed by atoms with Gasteiger partial charge in [-0.25, -0.2) is 5.43 Å². The van der Waals surface area contributed by atoms with Crippen LogP contribution in [0.15, 0.2) is 29.4 Å². The van der Waals surface area contributed by atoms with Gasteiger partial charge in [-0.3, -0.25) is 0 Å². The van der Waals surface area contributed by atoms with Gasteiger partial charge in [0.25, 0.3) is 0 Å². The van der Waals surface area contributed by atoms with Crippen molar-refractivity contribution in [2.45, 2.75) is 12.8 Å². The molecule has 0 aliphatic carbocycles. The molecule has 0 saturated carbocycles. The van der Waals surface area contributed by atoms with E-state index in [0.29, 0.717) is 36.1 Å². The molecule has 0 spiro atoms. The molecule has 2 fully saturated rings. The monoisotopic (exact) mass is 387 g/mol. The van der Waals surface area contributed by atoms with Crippen LogP contribution in [0.1, 0.15) is 18.4 Å². The van der Waals surface area contributed by atoms with Crippen molar-refractivity contribution in [3.63, 3.8) is 0 Å². The Kier molecular flexibility index (Phi) is 5.64. The van der Waals surface area contributed by atoms with E-state index in [9.17, 15) is 0 Å². The molecule has 142 valence electrons. The Morgan fingerprint density at radius 2 is 1.63 bits per heavy atom. The molecule has 1 aromatic heterocycles. The standard InChI is InChI=1S/C18H22ClN7O/c19-15-6-2-1-5-14(15)13-20-24-16-21-17(25-7-3-4-8-25)23-18(22-16)26-9-11-27-12-10-26/h1-2,5-6,13H,3-4,7-12H2,(H,21,22,23,24)/b20-13+. The van der Waals surface area contributed by atoms with E-state index in [1.54, 1.807) is 6.21 Å². The highest BCUT2D eigenvalue weighted by molar-refractivity contribution is 6.33. The zero-order valence-electron chi connectivity index (χ0n) is 15.0. The number of nitrogens with one attached hydrogen (secondary N) is 1. The van der Waals surface area contributed by atoms with Crippen LogP contribution in [0.3, 0.4) is 0 Å². The first-order valence-electron chi connectivity index (χ1n) is 9.17. The minimum Gasteiger partial charge on any atom is -0.378 e. The Morgan fingerprint density at radius 3 is 2.33 bits per heavy atom. The van der Waals surface area contributed by atoms with Gasteiger partial charge >= 0.3 is 0 Å². The lowest BCUT2D eigenvalue weighted by Crippen LogP contribution is -2.38. The van der Waals surface area contributed by atoms with E-state index in [0.717, 1.165) is 44.6 Å². The predicted octanol–water partition coefficient (Wildman–Crippen LogP) is 2.41. The molecule has 4 rings (SSSR count). The van der Waals surface area contributed by atoms with Gasteiger partial charge < -0.3 is 14.5 Å². The van der Waals surface area contributed by atoms with Crippen LogP contribution in [0.4, 0.5) is 17.8 Å². The van der Waals surface area contributed by atoms with Gasteiger partial charge in [0.05, 0.1) is 19.4 Å². The second-order valence-corrected chi connectivity index (χ2v) is 6.85. The van der Waals surface area contributed by atoms with E-state index in [4.69, 9.17) is 16.3 Å². The first-order valence-corrected chi connectivity index (χ1v) is 9.55. The molecular weight excluding hydrogens is 366 g/mol. The van der Waals surface area contributed by atoms with Crippen molar-refractivity contribution in [3.05, 3.63) is 34.9 Å². The first-order chi connectivity index (χ1) is 13.3. The van der Waals surface area contributed by atoms with Gasteiger partial charge in [-0.15, -0.1) is 0 Å². The average Bonchev–Trinajstić information content (AvgIpc) is 3.25. The second kappa shape index (κ2) is 8.49. The van der Waals surface area contributed by atoms with E-state index in [2.05, 4.69) is 35.3 Å². The Balaban J connectivity index is 1.56. The lowest BCUT2D eigenvalue weighted by molar-refractivity contribution is 0.122. The van der Waals surface area contributed by atoms with Crippen molar-refractivity contribution in [3.8, 4) is 0 Å². The highest BCUT2D eigenvalue weighted by atomic mass is 35.5. The molecule has 1 N–H and O–H groups in total. The largest absolute Gasteiger partial charge is 0.378 e. The Hall–Kier alpha value is -2.45. The molecule has 0 bridgehead atoms. The van der Waals surface area contributed by atoms with Crippen LogP contribution in [-0.4, -0.2) is 60.6 Å². The Morgan fingerprint density at radius 1 is 0.963 bits per heavy atom. The number of hydrogen-bond donors (Lipinski definition) is 1. The lowest BCUT2D eigenvalue weighted by atomic mass is 10.2. The fourth-order valence-corrected chi connectivity index (χ4v) is 3.29. The number of halogens is 1. The molecule has 2 aliphatic heterocycles. The van der Waals surface area contributed by atoms with E-state index in [1.807, 2.05) is 24.3 Å². The number of hydrazone groups is 1. The fraction of sp³-hybridized carbons (Fsp3) is 0.444. The summed E-state index contributed by atoms with van der Waals surface area (Å²) in [5, 5.41) is 4.90. The molecule has 2 aliphatic rings. The molecule has 0 atom stereocenters. The van der Waals surface area contributed by atoms with Crippen molar-refractivity contribution < 1.29 is 4.74 Å². The van der Waals surface area contributed by atoms with Crippen molar-refractivity contribution in [1.29, 1.82) is 0 Å². The van der Waals surface area contributed by atoms with Crippen LogP contribution in [-0.2, 0) is 4.74 Å². The molecule has 2 aromatic rings. The fourth-order valence-electron chi connectivity index (χ4n) is 3.11. The summed E-state index contributed by atoms with van der Waals surface area (Å²) in [6.45, 7) is 4.83. The molecule has 0 amide bonds. The average molecular weight is 388 g/mol. The van der Waals surface area contributed by atoms with E-state index in [-0.39, 0.29) is 0 Å². The van der Waals surface area contributed by atoms with Crippen LogP contribution in [0.5, 0.6) is 0 Å². The van der Waals surface area contributed by atoms with Crippen LogP contribution in [0.25, 0.3) is 0 Å². The van der Waals surface area contributed by atoms with Crippen molar-refractivity contribution in [2.24, 2.45) is 5.10 Å². The quantitative estimate of drug-likeness (QED) is 0.623. The summed E-state index contributed by atoms with van der Waals surface area (Å²) >= 11 is 6.16. The molecule has 3 heterocycles. The van der Waals surface area contributed by atoms with Crippen molar-refractivity contribution in [2.75, 3.05) is 54.6 Å². The number of hydrogen-bond acceptors (Lipinski definition) is 8. The summed E-state index contributed by atoms with van der Waals surface area (Å²) in [4.78, 5) is 18.1. The number of benzene rings is 1. The minimum absolute atomic E-state index is 0.427. The van der Waals surface area contributed by atoms with Gasteiger partial charge in [-0.05, 0) is 18.9 Å². The number of ether oxygens (including phenoxy) is 1. The third-order valence-corrected chi connectivity index (χ3v) is 4.91. The molecule has 1 aromatic carbocycles. The third-order valence-electron chi connectivity index (χ3n) is 4.57. The number of nitrogens with zero attached hydrogens (tertiary/aromatic N) is 6. The predicted molar refractivity (Wildman–Crippen MR) is 107 cm³/mol. The first kappa shape index (κ1) is 17.9. The highest BCUT2D eigenvalue weighted by Gasteiger charge is 2.21. The Bertz CT molecular complexity index is 804. The van der Waals surface area contributed by atoms with Gasteiger partial charge in [0, 0.05) is 36.8 Å². The van der Waals surface area contributed by atoms with Gasteiger partial charge in [-0.2, -0.15) is 20.1 Å². The van der Waals surface area contributed by atoms with Gasteiger partial charge in [0.1, 0.15) is 0 Å². The third kappa shape index (κ3) is 4.45. The van der Waals surface area contributed by atoms with E-state index >= 15 is 0 Å². The van der Waals surface area contributed by atoms with E-state index in [1.165, 1.54) is 0 Å². The molecule has 0 radical (unpaired) electrons. The maximum atomic E-state index is 6.16. The van der Waals surface area contributed by atoms with E-state index < -0.39 is 0 Å². The van der Waals surface area contributed by atoms with Crippen LogP contribution >= 0.6 is 11.6 Å². The topological polar surface area (TPSA) is 78.8 Å². The summed E-state index contributed by atoms with van der Waals surface area (Å²) in [5.41, 5.74) is 3.76. The molecule has 0 unspecified atom stereocenters. The molecular formula is C18H22ClN7O. The zero-order valence-corrected chi connectivity index (χ0v) is 15.8. The number of rotatable bonds is 5. The zero-order chi connectivity index (χ0) is 18.5. The molecule has 8 nitrogen and oxygen atoms in total. The lowest BCUT2D eigenvalue weighted by Gasteiger charge is -2.27. The summed E-state index contributed by atoms with van der Waals surface area (Å²) in [7, 11) is 0. The molecule has 27 heavy (non-hydrogen) atoms. The maximum absolute atomic E-state index is 6.16. The van der Waals surface area contributed by atoms with Crippen LogP contribution in [0.2, 0.25) is 5.02 Å². The SMILES string of the molecule is Clc1ccccc1/C=N/Nc1nc(N2CCCC2)nc(N2CCOCC2)n1. The van der Waals surface area contributed by atoms with Gasteiger partial charge in [-0.1, -0.05) is 29.8 Å². The van der Waals surface area contributed by atoms with Crippen molar-refractivity contribution in [1.82, 2.24) is 15.0 Å². The summed E-state index contributed by atoms with van der Waals surface area (Å²) in [6.07, 6.45) is 3.98. The normalized spacial score (nSPS) is 17.7. The molecule has 9 heteroatoms. The van der Waals surface area contributed by atoms with Gasteiger partial charge in [0.2, 0.25) is 17.8 Å². The van der Waals surface area contributed by atoms with Crippen LogP contribution < -0.4 is 15.2 Å². The number of aromatic nitrogens is 3. The van der Waals surface area contributed by atoms with Crippen LogP contribution in [0, 0.1) is 0 Å². The summed E-state index contributed by atoms with van der Waals surface area (Å²) < 4.78 is 5.43.